The van der Waals surface area contributed by atoms with Crippen molar-refractivity contribution in [1.29, 1.82) is 0 Å². The summed E-state index contributed by atoms with van der Waals surface area (Å²) in [6.45, 7) is 3.03. The van der Waals surface area contributed by atoms with Crippen LogP contribution in [-0.4, -0.2) is 58.6 Å². The number of rotatable bonds is 4. The normalized spacial score (nSPS) is 11.0. The standard InChI is InChI=1S/C7H16NO2S.ClH.H3O4P/c1-7(9)11-10-6-5-8(2,3)4;;1-5(2,3)4/h5-6H2,1-4H3;1H;(H3,1,2,3,4)/q+1;;. The Hall–Kier alpha value is 0.340. The summed E-state index contributed by atoms with van der Waals surface area (Å²) >= 11 is 0.923. The number of carbonyl (C=O) groups excluding carboxylic acids is 1. The first-order chi connectivity index (χ1) is 6.92. The van der Waals surface area contributed by atoms with Crippen LogP contribution in [0.1, 0.15) is 6.92 Å². The fourth-order valence-electron chi connectivity index (χ4n) is 0.436. The largest absolute Gasteiger partial charge is 0.466 e. The first kappa shape index (κ1) is 22.5. The Morgan fingerprint density at radius 3 is 1.88 bits per heavy atom. The summed E-state index contributed by atoms with van der Waals surface area (Å²) in [7, 11) is 1.62. The van der Waals surface area contributed by atoms with Crippen LogP contribution in [0.15, 0.2) is 0 Å². The second-order valence-electron chi connectivity index (χ2n) is 3.92. The minimum absolute atomic E-state index is 0. The van der Waals surface area contributed by atoms with Gasteiger partial charge in [-0.2, -0.15) is 0 Å². The highest BCUT2D eigenvalue weighted by molar-refractivity contribution is 8.09. The lowest BCUT2D eigenvalue weighted by atomic mass is 10.5. The number of nitrogens with zero attached hydrogens (tertiary/aromatic N) is 1. The van der Waals surface area contributed by atoms with Crippen LogP contribution < -0.4 is 0 Å². The molecule has 0 saturated carbocycles. The van der Waals surface area contributed by atoms with E-state index in [4.69, 9.17) is 23.4 Å². The van der Waals surface area contributed by atoms with E-state index in [1.165, 1.54) is 6.92 Å². The van der Waals surface area contributed by atoms with Gasteiger partial charge in [-0.25, -0.2) is 4.57 Å². The molecular formula is C7H20ClNO6PS+. The van der Waals surface area contributed by atoms with Gasteiger partial charge in [-0.3, -0.25) is 4.79 Å². The van der Waals surface area contributed by atoms with Gasteiger partial charge in [0.2, 0.25) is 5.12 Å². The van der Waals surface area contributed by atoms with Crippen molar-refractivity contribution in [2.24, 2.45) is 0 Å². The van der Waals surface area contributed by atoms with Crippen LogP contribution in [-0.2, 0) is 13.5 Å². The van der Waals surface area contributed by atoms with Gasteiger partial charge >= 0.3 is 7.82 Å². The fraction of sp³-hybridized carbons (Fsp3) is 0.857. The summed E-state index contributed by atoms with van der Waals surface area (Å²) in [5.41, 5.74) is 0. The average molecular weight is 313 g/mol. The molecule has 0 fully saturated rings. The fourth-order valence-corrected chi connectivity index (χ4v) is 0.760. The van der Waals surface area contributed by atoms with Crippen molar-refractivity contribution in [2.75, 3.05) is 34.3 Å². The number of hydrogen-bond acceptors (Lipinski definition) is 4. The number of likely N-dealkylation sites (N-methyl/N-ethyl adjacent to an activating group) is 1. The van der Waals surface area contributed by atoms with Gasteiger partial charge in [0.1, 0.15) is 13.2 Å². The predicted molar refractivity (Wildman–Crippen MR) is 68.6 cm³/mol. The van der Waals surface area contributed by atoms with Crippen LogP contribution >= 0.6 is 32.3 Å². The van der Waals surface area contributed by atoms with Gasteiger partial charge in [0, 0.05) is 6.92 Å². The summed E-state index contributed by atoms with van der Waals surface area (Å²) in [5.74, 6) is 0. The topological polar surface area (TPSA) is 104 Å². The number of hydrogen-bond donors (Lipinski definition) is 3. The molecule has 7 nitrogen and oxygen atoms in total. The molecule has 0 saturated heterocycles. The molecule has 0 aromatic rings. The molecule has 0 heterocycles. The molecule has 0 aromatic carbocycles. The number of halogens is 1. The Morgan fingerprint density at radius 2 is 1.65 bits per heavy atom. The zero-order chi connectivity index (χ0) is 13.4. The summed E-state index contributed by atoms with van der Waals surface area (Å²) in [5, 5.41) is 0.00593. The van der Waals surface area contributed by atoms with Gasteiger partial charge in [0.25, 0.3) is 0 Å². The molecule has 0 atom stereocenters. The lowest BCUT2D eigenvalue weighted by Crippen LogP contribution is -2.37. The molecule has 0 aromatic heterocycles. The Kier molecular flexibility index (Phi) is 13.6. The summed E-state index contributed by atoms with van der Waals surface area (Å²) in [6.07, 6.45) is 0. The molecule has 10 heteroatoms. The molecule has 106 valence electrons. The molecular weight excluding hydrogens is 293 g/mol. The Bertz CT molecular complexity index is 245. The quantitative estimate of drug-likeness (QED) is 0.299. The molecule has 0 spiro atoms. The van der Waals surface area contributed by atoms with Crippen LogP contribution in [0.25, 0.3) is 0 Å². The zero-order valence-corrected chi connectivity index (χ0v) is 12.7. The van der Waals surface area contributed by atoms with Gasteiger partial charge in [-0.15, -0.1) is 12.4 Å². The third-order valence-electron chi connectivity index (χ3n) is 1.02. The molecule has 0 bridgehead atoms. The maximum absolute atomic E-state index is 10.4. The van der Waals surface area contributed by atoms with Crippen molar-refractivity contribution in [3.05, 3.63) is 0 Å². The summed E-state index contributed by atoms with van der Waals surface area (Å²) in [6, 6.07) is 0. The van der Waals surface area contributed by atoms with Crippen LogP contribution in [0, 0.1) is 0 Å². The molecule has 0 aliphatic rings. The SMILES string of the molecule is CC(=O)SOCC[N+](C)(C)C.Cl.O=P(O)(O)O. The smallest absolute Gasteiger partial charge is 0.329 e. The minimum Gasteiger partial charge on any atom is -0.329 e. The highest BCUT2D eigenvalue weighted by atomic mass is 35.5. The molecule has 0 radical (unpaired) electrons. The van der Waals surface area contributed by atoms with Crippen molar-refractivity contribution in [1.82, 2.24) is 0 Å². The van der Waals surface area contributed by atoms with Gasteiger partial charge in [0.15, 0.2) is 0 Å². The van der Waals surface area contributed by atoms with Crippen LogP contribution in [0.3, 0.4) is 0 Å². The average Bonchev–Trinajstić information content (AvgIpc) is 1.92. The maximum atomic E-state index is 10.4. The molecule has 0 amide bonds. The molecule has 0 aliphatic heterocycles. The van der Waals surface area contributed by atoms with E-state index >= 15 is 0 Å². The molecule has 0 aliphatic carbocycles. The maximum Gasteiger partial charge on any atom is 0.466 e. The van der Waals surface area contributed by atoms with Gasteiger partial charge < -0.3 is 23.3 Å². The summed E-state index contributed by atoms with van der Waals surface area (Å²) < 4.78 is 14.8. The van der Waals surface area contributed by atoms with E-state index in [-0.39, 0.29) is 17.5 Å². The minimum atomic E-state index is -4.64. The molecule has 17 heavy (non-hydrogen) atoms. The van der Waals surface area contributed by atoms with Crippen molar-refractivity contribution in [3.8, 4) is 0 Å². The highest BCUT2D eigenvalue weighted by Crippen LogP contribution is 2.25. The molecule has 3 N–H and O–H groups in total. The van der Waals surface area contributed by atoms with Crippen LogP contribution in [0.5, 0.6) is 0 Å². The van der Waals surface area contributed by atoms with Crippen molar-refractivity contribution in [3.63, 3.8) is 0 Å². The van der Waals surface area contributed by atoms with E-state index in [0.717, 1.165) is 23.1 Å². The number of quaternary nitrogens is 1. The van der Waals surface area contributed by atoms with E-state index in [1.807, 2.05) is 0 Å². The second kappa shape index (κ2) is 10.3. The van der Waals surface area contributed by atoms with E-state index in [9.17, 15) is 4.79 Å². The van der Waals surface area contributed by atoms with Gasteiger partial charge in [-0.1, -0.05) is 0 Å². The lowest BCUT2D eigenvalue weighted by molar-refractivity contribution is -0.870. The van der Waals surface area contributed by atoms with E-state index in [1.54, 1.807) is 0 Å². The Labute approximate surface area is 112 Å². The molecule has 0 rings (SSSR count). The number of phosphoric acid groups is 1. The molecule has 0 unspecified atom stereocenters. The van der Waals surface area contributed by atoms with Crippen LogP contribution in [0.4, 0.5) is 0 Å². The van der Waals surface area contributed by atoms with Gasteiger partial charge in [0.05, 0.1) is 33.2 Å². The summed E-state index contributed by atoms with van der Waals surface area (Å²) in [4.78, 5) is 32.0. The Balaban J connectivity index is -0.000000280. The van der Waals surface area contributed by atoms with Crippen molar-refractivity contribution < 1.29 is 32.7 Å². The van der Waals surface area contributed by atoms with Crippen molar-refractivity contribution >= 4 is 37.4 Å². The predicted octanol–water partition coefficient (Wildman–Crippen LogP) is 0.397. The second-order valence-corrected chi connectivity index (χ2v) is 5.93. The Morgan fingerprint density at radius 1 is 1.29 bits per heavy atom. The third-order valence-corrected chi connectivity index (χ3v) is 1.54. The van der Waals surface area contributed by atoms with E-state index in [2.05, 4.69) is 21.1 Å². The van der Waals surface area contributed by atoms with E-state index < -0.39 is 7.82 Å². The monoisotopic (exact) mass is 312 g/mol. The first-order valence-corrected chi connectivity index (χ1v) is 6.61. The van der Waals surface area contributed by atoms with Crippen molar-refractivity contribution in [2.45, 2.75) is 6.92 Å². The van der Waals surface area contributed by atoms with Gasteiger partial charge in [-0.05, 0) is 0 Å². The zero-order valence-electron chi connectivity index (χ0n) is 10.2. The third kappa shape index (κ3) is 48.3. The number of carbonyl (C=O) groups is 1. The lowest BCUT2D eigenvalue weighted by Gasteiger charge is -2.22. The highest BCUT2D eigenvalue weighted by Gasteiger charge is 2.06. The first-order valence-electron chi connectivity index (χ1n) is 4.30. The van der Waals surface area contributed by atoms with Crippen LogP contribution in [0.2, 0.25) is 0 Å². The van der Waals surface area contributed by atoms with E-state index in [0.29, 0.717) is 6.61 Å².